The zero-order valence-corrected chi connectivity index (χ0v) is 13.9. The third-order valence-corrected chi connectivity index (χ3v) is 3.26. The number of carbonyl (C=O) groups excluding carboxylic acids is 2. The molecule has 0 aliphatic heterocycles. The van der Waals surface area contributed by atoms with Crippen molar-refractivity contribution in [3.63, 3.8) is 0 Å². The van der Waals surface area contributed by atoms with Gasteiger partial charge in [0.15, 0.2) is 12.4 Å². The summed E-state index contributed by atoms with van der Waals surface area (Å²) < 4.78 is 38.1. The Morgan fingerprint density at radius 2 is 1.62 bits per heavy atom. The minimum Gasteiger partial charge on any atom is -0.482 e. The Labute approximate surface area is 148 Å². The zero-order valence-electron chi connectivity index (χ0n) is 13.9. The highest BCUT2D eigenvalue weighted by atomic mass is 19.3. The first-order chi connectivity index (χ1) is 12.5. The Balaban J connectivity index is 1.94. The average Bonchev–Trinajstić information content (AvgIpc) is 2.65. The highest BCUT2D eigenvalue weighted by Crippen LogP contribution is 2.17. The molecule has 5 nitrogen and oxygen atoms in total. The molecule has 0 amide bonds. The Hall–Kier alpha value is -3.22. The summed E-state index contributed by atoms with van der Waals surface area (Å²) in [6.07, 6.45) is 2.93. The lowest BCUT2D eigenvalue weighted by molar-refractivity contribution is -0.142. The van der Waals surface area contributed by atoms with Crippen LogP contribution in [0.1, 0.15) is 15.9 Å². The van der Waals surface area contributed by atoms with Crippen LogP contribution in [0, 0.1) is 0 Å². The van der Waals surface area contributed by atoms with E-state index in [0.717, 1.165) is 0 Å². The number of allylic oxidation sites excluding steroid dienone is 1. The van der Waals surface area contributed by atoms with Crippen molar-refractivity contribution in [3.8, 4) is 11.5 Å². The molecule has 0 unspecified atom stereocenters. The Morgan fingerprint density at radius 3 is 2.19 bits per heavy atom. The molecule has 26 heavy (non-hydrogen) atoms. The maximum atomic E-state index is 12.1. The van der Waals surface area contributed by atoms with Gasteiger partial charge in [-0.15, -0.1) is 0 Å². The lowest BCUT2D eigenvalue weighted by Crippen LogP contribution is -2.12. The van der Waals surface area contributed by atoms with Gasteiger partial charge in [-0.25, -0.2) is 4.79 Å². The molecule has 0 atom stereocenters. The molecule has 2 aromatic carbocycles. The van der Waals surface area contributed by atoms with E-state index >= 15 is 0 Å². The summed E-state index contributed by atoms with van der Waals surface area (Å²) in [6, 6.07) is 12.2. The number of hydrogen-bond acceptors (Lipinski definition) is 5. The van der Waals surface area contributed by atoms with Gasteiger partial charge in [-0.05, 0) is 48.0 Å². The predicted octanol–water partition coefficient (Wildman–Crippen LogP) is 3.74. The van der Waals surface area contributed by atoms with Crippen molar-refractivity contribution in [2.24, 2.45) is 0 Å². The normalized spacial score (nSPS) is 10.8. The van der Waals surface area contributed by atoms with Crippen LogP contribution in [0.3, 0.4) is 0 Å². The molecule has 2 rings (SSSR count). The fraction of sp³-hybridized carbons (Fsp3) is 0.158. The van der Waals surface area contributed by atoms with E-state index in [1.54, 1.807) is 42.5 Å². The maximum absolute atomic E-state index is 12.1. The molecular formula is C19H16F2O5. The largest absolute Gasteiger partial charge is 0.482 e. The van der Waals surface area contributed by atoms with Crippen LogP contribution in [0.25, 0.3) is 6.08 Å². The average molecular weight is 362 g/mol. The Kier molecular flexibility index (Phi) is 6.84. The van der Waals surface area contributed by atoms with Crippen molar-refractivity contribution in [3.05, 3.63) is 65.7 Å². The van der Waals surface area contributed by atoms with Gasteiger partial charge >= 0.3 is 12.6 Å². The van der Waals surface area contributed by atoms with Gasteiger partial charge in [0.05, 0.1) is 7.11 Å². The molecule has 2 aromatic rings. The minimum atomic E-state index is -2.88. The zero-order chi connectivity index (χ0) is 18.9. The lowest BCUT2D eigenvalue weighted by Gasteiger charge is -2.05. The van der Waals surface area contributed by atoms with E-state index in [0.29, 0.717) is 16.9 Å². The van der Waals surface area contributed by atoms with E-state index < -0.39 is 12.6 Å². The van der Waals surface area contributed by atoms with Gasteiger partial charge in [-0.1, -0.05) is 18.2 Å². The van der Waals surface area contributed by atoms with Crippen molar-refractivity contribution < 1.29 is 32.6 Å². The second-order valence-corrected chi connectivity index (χ2v) is 5.03. The van der Waals surface area contributed by atoms with Crippen LogP contribution >= 0.6 is 0 Å². The highest BCUT2D eigenvalue weighted by Gasteiger charge is 2.05. The number of benzene rings is 2. The van der Waals surface area contributed by atoms with Crippen LogP contribution in [0.15, 0.2) is 54.6 Å². The van der Waals surface area contributed by atoms with E-state index in [2.05, 4.69) is 9.47 Å². The predicted molar refractivity (Wildman–Crippen MR) is 90.4 cm³/mol. The molecular weight excluding hydrogens is 346 g/mol. The minimum absolute atomic E-state index is 0.0472. The molecule has 0 saturated heterocycles. The van der Waals surface area contributed by atoms with E-state index in [4.69, 9.17) is 4.74 Å². The SMILES string of the molecule is COC(=O)COc1ccc(C(=O)C=Cc2ccc(OC(F)F)cc2)cc1. The lowest BCUT2D eigenvalue weighted by atomic mass is 10.1. The van der Waals surface area contributed by atoms with Crippen molar-refractivity contribution in [1.29, 1.82) is 0 Å². The van der Waals surface area contributed by atoms with Gasteiger partial charge in [0, 0.05) is 5.56 Å². The number of alkyl halides is 2. The number of esters is 1. The Morgan fingerprint density at radius 1 is 1.00 bits per heavy atom. The number of halogens is 2. The van der Waals surface area contributed by atoms with E-state index in [9.17, 15) is 18.4 Å². The van der Waals surface area contributed by atoms with Crippen molar-refractivity contribution >= 4 is 17.8 Å². The second-order valence-electron chi connectivity index (χ2n) is 5.03. The molecule has 0 radical (unpaired) electrons. The van der Waals surface area contributed by atoms with Crippen LogP contribution in [-0.2, 0) is 9.53 Å². The third-order valence-electron chi connectivity index (χ3n) is 3.26. The summed E-state index contributed by atoms with van der Waals surface area (Å²) in [4.78, 5) is 23.1. The molecule has 0 aliphatic carbocycles. The number of rotatable bonds is 8. The van der Waals surface area contributed by atoms with Crippen LogP contribution in [-0.4, -0.2) is 32.1 Å². The number of hydrogen-bond donors (Lipinski definition) is 0. The van der Waals surface area contributed by atoms with Gasteiger partial charge in [-0.3, -0.25) is 4.79 Å². The number of ketones is 1. The van der Waals surface area contributed by atoms with Gasteiger partial charge in [-0.2, -0.15) is 8.78 Å². The summed E-state index contributed by atoms with van der Waals surface area (Å²) in [7, 11) is 1.26. The fourth-order valence-electron chi connectivity index (χ4n) is 1.95. The van der Waals surface area contributed by atoms with Crippen LogP contribution in [0.2, 0.25) is 0 Å². The van der Waals surface area contributed by atoms with E-state index in [-0.39, 0.29) is 18.1 Å². The Bertz CT molecular complexity index is 768. The first kappa shape index (κ1) is 19.1. The molecule has 136 valence electrons. The number of ether oxygens (including phenoxy) is 3. The molecule has 0 bridgehead atoms. The van der Waals surface area contributed by atoms with E-state index in [1.165, 1.54) is 25.3 Å². The molecule has 0 spiro atoms. The van der Waals surface area contributed by atoms with Gasteiger partial charge < -0.3 is 14.2 Å². The van der Waals surface area contributed by atoms with Gasteiger partial charge in [0.1, 0.15) is 11.5 Å². The highest BCUT2D eigenvalue weighted by molar-refractivity contribution is 6.06. The third kappa shape index (κ3) is 6.01. The topological polar surface area (TPSA) is 61.8 Å². The molecule has 0 fully saturated rings. The van der Waals surface area contributed by atoms with Gasteiger partial charge in [0.2, 0.25) is 0 Å². The standard InChI is InChI=1S/C19H16F2O5/c1-24-18(23)12-25-15-9-5-14(6-10-15)17(22)11-4-13-2-7-16(8-3-13)26-19(20)21/h2-11,19H,12H2,1H3. The smallest absolute Gasteiger partial charge is 0.387 e. The summed E-state index contributed by atoms with van der Waals surface area (Å²) in [5, 5.41) is 0. The van der Waals surface area contributed by atoms with Crippen molar-refractivity contribution in [2.45, 2.75) is 6.61 Å². The second kappa shape index (κ2) is 9.31. The number of methoxy groups -OCH3 is 1. The molecule has 0 aliphatic rings. The van der Waals surface area contributed by atoms with E-state index in [1.807, 2.05) is 0 Å². The molecule has 0 N–H and O–H groups in total. The molecule has 0 heterocycles. The maximum Gasteiger partial charge on any atom is 0.387 e. The van der Waals surface area contributed by atoms with Crippen molar-refractivity contribution in [1.82, 2.24) is 0 Å². The summed E-state index contributed by atoms with van der Waals surface area (Å²) >= 11 is 0. The molecule has 0 aromatic heterocycles. The fourth-order valence-corrected chi connectivity index (χ4v) is 1.95. The molecule has 0 saturated carbocycles. The van der Waals surface area contributed by atoms with Crippen LogP contribution < -0.4 is 9.47 Å². The number of carbonyl (C=O) groups is 2. The first-order valence-corrected chi connectivity index (χ1v) is 7.55. The quantitative estimate of drug-likeness (QED) is 0.407. The van der Waals surface area contributed by atoms with Gasteiger partial charge in [0.25, 0.3) is 0 Å². The summed E-state index contributed by atoms with van der Waals surface area (Å²) in [5.74, 6) is -0.257. The monoisotopic (exact) mass is 362 g/mol. The first-order valence-electron chi connectivity index (χ1n) is 7.55. The van der Waals surface area contributed by atoms with Crippen LogP contribution in [0.4, 0.5) is 8.78 Å². The van der Waals surface area contributed by atoms with Crippen molar-refractivity contribution in [2.75, 3.05) is 13.7 Å². The molecule has 7 heteroatoms. The van der Waals surface area contributed by atoms with Crippen LogP contribution in [0.5, 0.6) is 11.5 Å². The summed E-state index contributed by atoms with van der Waals surface area (Å²) in [6.45, 7) is -3.09. The summed E-state index contributed by atoms with van der Waals surface area (Å²) in [5.41, 5.74) is 1.10.